The van der Waals surface area contributed by atoms with Gasteiger partial charge in [0.1, 0.15) is 0 Å². The molecule has 7 heteroatoms. The number of urea groups is 1. The summed E-state index contributed by atoms with van der Waals surface area (Å²) in [6.07, 6.45) is 2.44. The topological polar surface area (TPSA) is 82.1 Å². The van der Waals surface area contributed by atoms with E-state index >= 15 is 0 Å². The monoisotopic (exact) mass is 271 g/mol. The average molecular weight is 271 g/mol. The minimum atomic E-state index is -1.02. The zero-order chi connectivity index (χ0) is 13.7. The van der Waals surface area contributed by atoms with Crippen molar-refractivity contribution in [1.29, 1.82) is 0 Å². The third-order valence-corrected chi connectivity index (χ3v) is 3.58. The van der Waals surface area contributed by atoms with Gasteiger partial charge in [-0.05, 0) is 25.9 Å². The quantitative estimate of drug-likeness (QED) is 0.725. The highest BCUT2D eigenvalue weighted by atomic mass is 16.5. The summed E-state index contributed by atoms with van der Waals surface area (Å²) >= 11 is 0. The maximum absolute atomic E-state index is 12.0. The van der Waals surface area contributed by atoms with Gasteiger partial charge in [0.05, 0.1) is 13.2 Å². The van der Waals surface area contributed by atoms with Crippen LogP contribution >= 0.6 is 0 Å². The second kappa shape index (κ2) is 6.72. The summed E-state index contributed by atoms with van der Waals surface area (Å²) < 4.78 is 5.10. The van der Waals surface area contributed by atoms with E-state index in [0.29, 0.717) is 19.7 Å². The Morgan fingerprint density at radius 2 is 2.00 bits per heavy atom. The Hall–Kier alpha value is -1.34. The number of carbonyl (C=O) groups is 2. The van der Waals surface area contributed by atoms with Gasteiger partial charge in [0.25, 0.3) is 0 Å². The van der Waals surface area contributed by atoms with Crippen LogP contribution in [-0.4, -0.2) is 78.9 Å². The Morgan fingerprint density at radius 3 is 2.68 bits per heavy atom. The number of carbonyl (C=O) groups excluding carboxylic acids is 1. The van der Waals surface area contributed by atoms with Crippen molar-refractivity contribution in [3.05, 3.63) is 0 Å². The second-order valence-corrected chi connectivity index (χ2v) is 4.90. The smallest absolute Gasteiger partial charge is 0.328 e. The number of rotatable bonds is 4. The normalized spacial score (nSPS) is 24.4. The van der Waals surface area contributed by atoms with Crippen LogP contribution in [0.3, 0.4) is 0 Å². The van der Waals surface area contributed by atoms with E-state index in [1.165, 1.54) is 17.7 Å². The fourth-order valence-corrected chi connectivity index (χ4v) is 2.48. The molecule has 0 radical (unpaired) electrons. The first kappa shape index (κ1) is 14.1. The standard InChI is InChI=1S/C12H21N3O4/c16-11(17)10-9-19-8-7-15(10)12(18)13-3-6-14-4-1-2-5-14/h10H,1-9H2,(H,13,18)(H,16,17). The summed E-state index contributed by atoms with van der Waals surface area (Å²) in [5, 5.41) is 11.8. The van der Waals surface area contributed by atoms with E-state index in [1.54, 1.807) is 0 Å². The van der Waals surface area contributed by atoms with Gasteiger partial charge in [-0.1, -0.05) is 0 Å². The summed E-state index contributed by atoms with van der Waals surface area (Å²) in [6, 6.07) is -1.18. The van der Waals surface area contributed by atoms with Crippen molar-refractivity contribution in [2.45, 2.75) is 18.9 Å². The minimum Gasteiger partial charge on any atom is -0.480 e. The molecule has 108 valence electrons. The van der Waals surface area contributed by atoms with Crippen LogP contribution in [0.2, 0.25) is 0 Å². The molecule has 2 aliphatic rings. The molecule has 2 saturated heterocycles. The Kier molecular flexibility index (Phi) is 4.98. The molecule has 0 aliphatic carbocycles. The van der Waals surface area contributed by atoms with Gasteiger partial charge >= 0.3 is 12.0 Å². The molecule has 7 nitrogen and oxygen atoms in total. The van der Waals surface area contributed by atoms with Gasteiger partial charge in [0.2, 0.25) is 0 Å². The van der Waals surface area contributed by atoms with Crippen molar-refractivity contribution in [2.24, 2.45) is 0 Å². The summed E-state index contributed by atoms with van der Waals surface area (Å²) in [4.78, 5) is 26.6. The third kappa shape index (κ3) is 3.81. The predicted molar refractivity (Wildman–Crippen MR) is 68.0 cm³/mol. The summed E-state index contributed by atoms with van der Waals surface area (Å²) in [6.45, 7) is 4.34. The van der Waals surface area contributed by atoms with E-state index < -0.39 is 12.0 Å². The van der Waals surface area contributed by atoms with E-state index in [4.69, 9.17) is 9.84 Å². The molecule has 2 heterocycles. The molecule has 2 aliphatic heterocycles. The minimum absolute atomic E-state index is 0.0644. The third-order valence-electron chi connectivity index (χ3n) is 3.58. The molecule has 0 aromatic heterocycles. The van der Waals surface area contributed by atoms with E-state index in [1.807, 2.05) is 0 Å². The molecule has 19 heavy (non-hydrogen) atoms. The number of nitrogens with one attached hydrogen (secondary N) is 1. The lowest BCUT2D eigenvalue weighted by Gasteiger charge is -2.32. The molecule has 0 bridgehead atoms. The molecule has 2 rings (SSSR count). The summed E-state index contributed by atoms with van der Waals surface area (Å²) in [7, 11) is 0. The highest BCUT2D eigenvalue weighted by molar-refractivity contribution is 5.82. The molecule has 0 aromatic carbocycles. The Balaban J connectivity index is 1.75. The van der Waals surface area contributed by atoms with Crippen molar-refractivity contribution >= 4 is 12.0 Å². The van der Waals surface area contributed by atoms with E-state index in [2.05, 4.69) is 10.2 Å². The Bertz CT molecular complexity index is 331. The van der Waals surface area contributed by atoms with Crippen LogP contribution < -0.4 is 5.32 Å². The molecule has 2 amide bonds. The lowest BCUT2D eigenvalue weighted by molar-refractivity contribution is -0.147. The lowest BCUT2D eigenvalue weighted by atomic mass is 10.2. The number of amides is 2. The first-order valence-electron chi connectivity index (χ1n) is 6.76. The van der Waals surface area contributed by atoms with Gasteiger partial charge in [0.15, 0.2) is 6.04 Å². The van der Waals surface area contributed by atoms with Gasteiger partial charge in [-0.2, -0.15) is 0 Å². The summed E-state index contributed by atoms with van der Waals surface area (Å²) in [5.41, 5.74) is 0. The van der Waals surface area contributed by atoms with E-state index in [-0.39, 0.29) is 12.6 Å². The van der Waals surface area contributed by atoms with Crippen LogP contribution in [0.5, 0.6) is 0 Å². The SMILES string of the molecule is O=C(O)C1COCCN1C(=O)NCCN1CCCC1. The van der Waals surface area contributed by atoms with Crippen LogP contribution in [0.25, 0.3) is 0 Å². The first-order valence-corrected chi connectivity index (χ1v) is 6.76. The van der Waals surface area contributed by atoms with Crippen LogP contribution in [0.4, 0.5) is 4.79 Å². The number of aliphatic carboxylic acids is 1. The molecular formula is C12H21N3O4. The van der Waals surface area contributed by atoms with Crippen LogP contribution in [0, 0.1) is 0 Å². The molecule has 2 fully saturated rings. The van der Waals surface area contributed by atoms with Crippen molar-refractivity contribution < 1.29 is 19.4 Å². The van der Waals surface area contributed by atoms with Gasteiger partial charge in [0, 0.05) is 19.6 Å². The van der Waals surface area contributed by atoms with Crippen LogP contribution in [-0.2, 0) is 9.53 Å². The second-order valence-electron chi connectivity index (χ2n) is 4.90. The maximum Gasteiger partial charge on any atom is 0.328 e. The lowest BCUT2D eigenvalue weighted by Crippen LogP contribution is -2.56. The molecule has 0 saturated carbocycles. The van der Waals surface area contributed by atoms with Gasteiger partial charge in [-0.15, -0.1) is 0 Å². The number of carboxylic acid groups (broad SMARTS) is 1. The average Bonchev–Trinajstić information content (AvgIpc) is 2.91. The highest BCUT2D eigenvalue weighted by Crippen LogP contribution is 2.08. The highest BCUT2D eigenvalue weighted by Gasteiger charge is 2.32. The number of carboxylic acids is 1. The van der Waals surface area contributed by atoms with Crippen LogP contribution in [0.1, 0.15) is 12.8 Å². The fourth-order valence-electron chi connectivity index (χ4n) is 2.48. The maximum atomic E-state index is 12.0. The van der Waals surface area contributed by atoms with E-state index in [0.717, 1.165) is 19.6 Å². The predicted octanol–water partition coefficient (Wildman–Crippen LogP) is -0.423. The zero-order valence-electron chi connectivity index (χ0n) is 11.0. The van der Waals surface area contributed by atoms with E-state index in [9.17, 15) is 9.59 Å². The summed E-state index contributed by atoms with van der Waals surface area (Å²) in [5.74, 6) is -1.02. The van der Waals surface area contributed by atoms with Crippen molar-refractivity contribution in [3.63, 3.8) is 0 Å². The number of ether oxygens (including phenoxy) is 1. The largest absolute Gasteiger partial charge is 0.480 e. The molecule has 1 atom stereocenters. The molecule has 1 unspecified atom stereocenters. The number of nitrogens with zero attached hydrogens (tertiary/aromatic N) is 2. The Labute approximate surface area is 112 Å². The van der Waals surface area contributed by atoms with Crippen molar-refractivity contribution in [2.75, 3.05) is 45.9 Å². The number of hydrogen-bond acceptors (Lipinski definition) is 4. The van der Waals surface area contributed by atoms with Gasteiger partial charge < -0.3 is 25.0 Å². The molecule has 0 spiro atoms. The first-order chi connectivity index (χ1) is 9.18. The molecule has 2 N–H and O–H groups in total. The molecular weight excluding hydrogens is 250 g/mol. The Morgan fingerprint density at radius 1 is 1.26 bits per heavy atom. The number of hydrogen-bond donors (Lipinski definition) is 2. The molecule has 0 aromatic rings. The number of morpholine rings is 1. The van der Waals surface area contributed by atoms with Crippen LogP contribution in [0.15, 0.2) is 0 Å². The fraction of sp³-hybridized carbons (Fsp3) is 0.833. The zero-order valence-corrected chi connectivity index (χ0v) is 11.0. The van der Waals surface area contributed by atoms with Crippen molar-refractivity contribution in [1.82, 2.24) is 15.1 Å². The number of likely N-dealkylation sites (tertiary alicyclic amines) is 1. The van der Waals surface area contributed by atoms with Gasteiger partial charge in [-0.25, -0.2) is 9.59 Å². The van der Waals surface area contributed by atoms with Gasteiger partial charge in [-0.3, -0.25) is 0 Å². The van der Waals surface area contributed by atoms with Crippen molar-refractivity contribution in [3.8, 4) is 0 Å².